The molecule has 0 radical (unpaired) electrons. The van der Waals surface area contributed by atoms with E-state index in [1.165, 1.54) is 0 Å². The van der Waals surface area contributed by atoms with E-state index in [0.29, 0.717) is 5.84 Å². The van der Waals surface area contributed by atoms with Crippen molar-refractivity contribution in [2.75, 3.05) is 0 Å². The van der Waals surface area contributed by atoms with Gasteiger partial charge in [-0.3, -0.25) is 5.41 Å². The number of aliphatic imine (C=N–C) groups is 1. The molecule has 0 amide bonds. The van der Waals surface area contributed by atoms with Crippen LogP contribution >= 0.6 is 0 Å². The van der Waals surface area contributed by atoms with Crippen LogP contribution in [0.5, 0.6) is 0 Å². The van der Waals surface area contributed by atoms with Crippen LogP contribution in [0.1, 0.15) is 20.3 Å². The van der Waals surface area contributed by atoms with Gasteiger partial charge in [0.1, 0.15) is 5.84 Å². The van der Waals surface area contributed by atoms with Crippen LogP contribution in [0.3, 0.4) is 0 Å². The average Bonchev–Trinajstić information content (AvgIpc) is 1.68. The van der Waals surface area contributed by atoms with Crippen molar-refractivity contribution in [3.63, 3.8) is 0 Å². The van der Waals surface area contributed by atoms with Gasteiger partial charge < -0.3 is 0 Å². The molecule has 0 aromatic rings. The largest absolute Gasteiger partial charge is 0.287 e. The van der Waals surface area contributed by atoms with Gasteiger partial charge in [0.25, 0.3) is 0 Å². The van der Waals surface area contributed by atoms with Gasteiger partial charge in [0.05, 0.1) is 0 Å². The first-order chi connectivity index (χ1) is 3.31. The van der Waals surface area contributed by atoms with Crippen molar-refractivity contribution >= 4 is 12.1 Å². The Morgan fingerprint density at radius 1 is 1.86 bits per heavy atom. The third-order valence-electron chi connectivity index (χ3n) is 0.620. The lowest BCUT2D eigenvalue weighted by atomic mass is 10.5. The van der Waals surface area contributed by atoms with Crippen LogP contribution in [-0.2, 0) is 0 Å². The number of nitrogens with zero attached hydrogens (tertiary/aromatic N) is 1. The summed E-state index contributed by atoms with van der Waals surface area (Å²) >= 11 is 0. The molecule has 0 heterocycles. The van der Waals surface area contributed by atoms with E-state index in [9.17, 15) is 0 Å². The topological polar surface area (TPSA) is 36.2 Å². The molecule has 7 heavy (non-hydrogen) atoms. The third-order valence-corrected chi connectivity index (χ3v) is 0.620. The monoisotopic (exact) mass is 98.1 g/mol. The highest BCUT2D eigenvalue weighted by atomic mass is 14.8. The van der Waals surface area contributed by atoms with Crippen molar-refractivity contribution in [1.29, 1.82) is 5.41 Å². The van der Waals surface area contributed by atoms with E-state index in [1.807, 2.05) is 13.8 Å². The fourth-order valence-corrected chi connectivity index (χ4v) is 0.247. The SMILES string of the molecule is C/C=N\C(=N)CC. The number of rotatable bonds is 1. The highest BCUT2D eigenvalue weighted by Crippen LogP contribution is 1.79. The molecule has 40 valence electrons. The summed E-state index contributed by atoms with van der Waals surface area (Å²) in [5.41, 5.74) is 0. The molecule has 2 nitrogen and oxygen atoms in total. The summed E-state index contributed by atoms with van der Waals surface area (Å²) in [6.45, 7) is 3.72. The highest BCUT2D eigenvalue weighted by Gasteiger charge is 1.79. The first kappa shape index (κ1) is 6.34. The molecule has 0 atom stereocenters. The molecule has 0 saturated heterocycles. The molecule has 0 fully saturated rings. The average molecular weight is 98.1 g/mol. The molecular formula is C5H10N2. The van der Waals surface area contributed by atoms with Crippen LogP contribution in [0.4, 0.5) is 0 Å². The quantitative estimate of drug-likeness (QED) is 0.381. The lowest BCUT2D eigenvalue weighted by Gasteiger charge is -1.83. The molecule has 0 rings (SSSR count). The van der Waals surface area contributed by atoms with Crippen LogP contribution in [0.25, 0.3) is 0 Å². The maximum atomic E-state index is 6.94. The van der Waals surface area contributed by atoms with Crippen molar-refractivity contribution in [1.82, 2.24) is 0 Å². The highest BCUT2D eigenvalue weighted by molar-refractivity contribution is 5.86. The molecule has 0 bridgehead atoms. The van der Waals surface area contributed by atoms with E-state index in [-0.39, 0.29) is 0 Å². The Bertz CT molecular complexity index is 84.1. The second kappa shape index (κ2) is 3.53. The fourth-order valence-electron chi connectivity index (χ4n) is 0.247. The van der Waals surface area contributed by atoms with Gasteiger partial charge in [-0.25, -0.2) is 4.99 Å². The predicted octanol–water partition coefficient (Wildman–Crippen LogP) is 1.46. The van der Waals surface area contributed by atoms with E-state index >= 15 is 0 Å². The van der Waals surface area contributed by atoms with Crippen molar-refractivity contribution in [3.8, 4) is 0 Å². The van der Waals surface area contributed by atoms with Crippen LogP contribution in [0.2, 0.25) is 0 Å². The normalized spacial score (nSPS) is 10.0. The summed E-state index contributed by atoms with van der Waals surface area (Å²) in [6.07, 6.45) is 2.36. The molecule has 0 unspecified atom stereocenters. The summed E-state index contributed by atoms with van der Waals surface area (Å²) in [4.78, 5) is 3.70. The Labute approximate surface area is 43.8 Å². The zero-order valence-corrected chi connectivity index (χ0v) is 4.73. The second-order valence-electron chi connectivity index (χ2n) is 1.19. The molecule has 0 aliphatic rings. The number of amidine groups is 1. The summed E-state index contributed by atoms with van der Waals surface area (Å²) in [5.74, 6) is 0.447. The minimum absolute atomic E-state index is 0.447. The zero-order chi connectivity index (χ0) is 5.70. The maximum Gasteiger partial charge on any atom is 0.119 e. The Morgan fingerprint density at radius 2 is 2.43 bits per heavy atom. The lowest BCUT2D eigenvalue weighted by molar-refractivity contribution is 1.21. The first-order valence-electron chi connectivity index (χ1n) is 2.37. The predicted molar refractivity (Wildman–Crippen MR) is 32.2 cm³/mol. The molecule has 0 aromatic carbocycles. The summed E-state index contributed by atoms with van der Waals surface area (Å²) < 4.78 is 0. The molecule has 0 aliphatic carbocycles. The van der Waals surface area contributed by atoms with E-state index in [2.05, 4.69) is 4.99 Å². The van der Waals surface area contributed by atoms with Crippen molar-refractivity contribution in [2.24, 2.45) is 4.99 Å². The fraction of sp³-hybridized carbons (Fsp3) is 0.600. The van der Waals surface area contributed by atoms with Crippen molar-refractivity contribution in [2.45, 2.75) is 20.3 Å². The minimum atomic E-state index is 0.447. The Balaban J connectivity index is 3.37. The van der Waals surface area contributed by atoms with Gasteiger partial charge in [0.2, 0.25) is 0 Å². The van der Waals surface area contributed by atoms with Gasteiger partial charge in [-0.2, -0.15) is 0 Å². The van der Waals surface area contributed by atoms with E-state index < -0.39 is 0 Å². The van der Waals surface area contributed by atoms with E-state index in [0.717, 1.165) is 6.42 Å². The van der Waals surface area contributed by atoms with E-state index in [4.69, 9.17) is 5.41 Å². The second-order valence-corrected chi connectivity index (χ2v) is 1.19. The lowest BCUT2D eigenvalue weighted by Crippen LogP contribution is -1.85. The first-order valence-corrected chi connectivity index (χ1v) is 2.37. The van der Waals surface area contributed by atoms with E-state index in [1.54, 1.807) is 6.21 Å². The summed E-state index contributed by atoms with van der Waals surface area (Å²) in [5, 5.41) is 6.94. The van der Waals surface area contributed by atoms with Gasteiger partial charge in [-0.1, -0.05) is 6.92 Å². The summed E-state index contributed by atoms with van der Waals surface area (Å²) in [6, 6.07) is 0. The van der Waals surface area contributed by atoms with Gasteiger partial charge >= 0.3 is 0 Å². The zero-order valence-electron chi connectivity index (χ0n) is 4.73. The van der Waals surface area contributed by atoms with Gasteiger partial charge in [0, 0.05) is 12.6 Å². The molecular weight excluding hydrogens is 88.1 g/mol. The molecule has 0 saturated carbocycles. The number of hydrogen-bond acceptors (Lipinski definition) is 1. The third kappa shape index (κ3) is 3.16. The number of hydrogen-bond donors (Lipinski definition) is 1. The molecule has 0 aromatic heterocycles. The van der Waals surface area contributed by atoms with Gasteiger partial charge in [0.15, 0.2) is 0 Å². The molecule has 0 aliphatic heterocycles. The van der Waals surface area contributed by atoms with Crippen LogP contribution in [-0.4, -0.2) is 12.1 Å². The minimum Gasteiger partial charge on any atom is -0.287 e. The number of nitrogens with one attached hydrogen (secondary N) is 1. The van der Waals surface area contributed by atoms with Gasteiger partial charge in [-0.15, -0.1) is 0 Å². The van der Waals surface area contributed by atoms with Crippen LogP contribution in [0, 0.1) is 5.41 Å². The van der Waals surface area contributed by atoms with Crippen molar-refractivity contribution in [3.05, 3.63) is 0 Å². The van der Waals surface area contributed by atoms with Gasteiger partial charge in [-0.05, 0) is 6.92 Å². The van der Waals surface area contributed by atoms with Crippen LogP contribution < -0.4 is 0 Å². The molecule has 1 N–H and O–H groups in total. The van der Waals surface area contributed by atoms with Crippen molar-refractivity contribution < 1.29 is 0 Å². The van der Waals surface area contributed by atoms with Crippen LogP contribution in [0.15, 0.2) is 4.99 Å². The standard InChI is InChI=1S/C5H10N2/c1-3-5(6)7-4-2/h4,6H,3H2,1-2H3/b6-5?,7-4-. The Hall–Kier alpha value is -0.660. The Morgan fingerprint density at radius 3 is 2.57 bits per heavy atom. The summed E-state index contributed by atoms with van der Waals surface area (Å²) in [7, 11) is 0. The smallest absolute Gasteiger partial charge is 0.119 e. The molecule has 2 heteroatoms. The maximum absolute atomic E-state index is 6.94. The molecule has 0 spiro atoms. The Kier molecular flexibility index (Phi) is 3.19.